The lowest BCUT2D eigenvalue weighted by molar-refractivity contribution is -0.116. The lowest BCUT2D eigenvalue weighted by Gasteiger charge is -2.20. The Morgan fingerprint density at radius 1 is 1.09 bits per heavy atom. The average molecular weight is 453 g/mol. The van der Waals surface area contributed by atoms with Crippen LogP contribution in [-0.4, -0.2) is 46.7 Å². The topological polar surface area (TPSA) is 76.5 Å². The fourth-order valence-electron chi connectivity index (χ4n) is 3.21. The summed E-state index contributed by atoms with van der Waals surface area (Å²) in [5.41, 5.74) is 1.66. The highest BCUT2D eigenvalue weighted by Gasteiger charge is 2.23. The highest BCUT2D eigenvalue weighted by atomic mass is 19.1. The maximum absolute atomic E-state index is 13.2. The molecule has 2 aromatic carbocycles. The highest BCUT2D eigenvalue weighted by Crippen LogP contribution is 2.27. The van der Waals surface area contributed by atoms with Crippen molar-refractivity contribution < 1.29 is 18.7 Å². The number of anilines is 1. The number of carbonyl (C=O) groups is 2. The highest BCUT2D eigenvalue weighted by molar-refractivity contribution is 5.99. The molecule has 0 aliphatic rings. The molecule has 1 heterocycles. The molecule has 7 nitrogen and oxygen atoms in total. The molecule has 1 aromatic heterocycles. The van der Waals surface area contributed by atoms with Gasteiger partial charge in [-0.25, -0.2) is 9.07 Å². The molecule has 3 aromatic rings. The largest absolute Gasteiger partial charge is 0.497 e. The molecule has 0 radical (unpaired) electrons. The molecular formula is C25H29FN4O3. The number of halogens is 1. The predicted octanol–water partition coefficient (Wildman–Crippen LogP) is 4.42. The van der Waals surface area contributed by atoms with Crippen LogP contribution >= 0.6 is 0 Å². The van der Waals surface area contributed by atoms with Crippen LogP contribution in [0.15, 0.2) is 54.6 Å². The van der Waals surface area contributed by atoms with Gasteiger partial charge in [-0.05, 0) is 55.5 Å². The monoisotopic (exact) mass is 452 g/mol. The molecule has 33 heavy (non-hydrogen) atoms. The minimum atomic E-state index is -0.422. The summed E-state index contributed by atoms with van der Waals surface area (Å²) in [4.78, 5) is 27.0. The van der Waals surface area contributed by atoms with E-state index in [0.29, 0.717) is 23.7 Å². The van der Waals surface area contributed by atoms with Crippen LogP contribution in [-0.2, 0) is 10.2 Å². The Bertz CT molecular complexity index is 1120. The third kappa shape index (κ3) is 5.77. The van der Waals surface area contributed by atoms with Crippen molar-refractivity contribution in [2.75, 3.05) is 25.5 Å². The summed E-state index contributed by atoms with van der Waals surface area (Å²) in [7, 11) is 1.60. The number of hydrogen-bond donors (Lipinski definition) is 1. The molecule has 0 unspecified atom stereocenters. The van der Waals surface area contributed by atoms with Gasteiger partial charge in [0.15, 0.2) is 0 Å². The number of likely N-dealkylation sites (N-methyl/N-ethyl adjacent to an activating group) is 1. The average Bonchev–Trinajstić information content (AvgIpc) is 3.21. The maximum atomic E-state index is 13.2. The second-order valence-corrected chi connectivity index (χ2v) is 8.65. The first-order valence-corrected chi connectivity index (χ1v) is 10.7. The van der Waals surface area contributed by atoms with E-state index < -0.39 is 5.82 Å². The Hall–Kier alpha value is -3.68. The van der Waals surface area contributed by atoms with Gasteiger partial charge in [0.1, 0.15) is 23.9 Å². The zero-order valence-corrected chi connectivity index (χ0v) is 19.6. The number of amides is 2. The first-order chi connectivity index (χ1) is 15.6. The molecule has 3 rings (SSSR count). The number of methoxy groups -OCH3 is 1. The summed E-state index contributed by atoms with van der Waals surface area (Å²) in [6.07, 6.45) is 0. The van der Waals surface area contributed by atoms with Crippen molar-refractivity contribution in [1.29, 1.82) is 0 Å². The lowest BCUT2D eigenvalue weighted by Crippen LogP contribution is -2.38. The molecular weight excluding hydrogens is 423 g/mol. The molecule has 0 atom stereocenters. The van der Waals surface area contributed by atoms with Crippen LogP contribution in [0.4, 0.5) is 10.2 Å². The minimum Gasteiger partial charge on any atom is -0.497 e. The summed E-state index contributed by atoms with van der Waals surface area (Å²) < 4.78 is 20.1. The van der Waals surface area contributed by atoms with Gasteiger partial charge in [-0.15, -0.1) is 0 Å². The first kappa shape index (κ1) is 24.0. The summed E-state index contributed by atoms with van der Waals surface area (Å²) in [5, 5.41) is 7.58. The second kappa shape index (κ2) is 9.85. The number of ether oxygens (including phenoxy) is 1. The number of hydrogen-bond acceptors (Lipinski definition) is 4. The number of nitrogens with zero attached hydrogens (tertiary/aromatic N) is 3. The van der Waals surface area contributed by atoms with Gasteiger partial charge in [-0.3, -0.25) is 9.59 Å². The Morgan fingerprint density at radius 2 is 1.73 bits per heavy atom. The number of benzene rings is 2. The van der Waals surface area contributed by atoms with Crippen LogP contribution in [0.5, 0.6) is 5.75 Å². The number of carbonyl (C=O) groups excluding carboxylic acids is 2. The summed E-state index contributed by atoms with van der Waals surface area (Å²) >= 11 is 0. The molecule has 0 aliphatic carbocycles. The Labute approximate surface area is 193 Å². The SMILES string of the molecule is CCN(CC(=O)Nc1cc(C(C)(C)C)nn1-c1ccc(OC)cc1)C(=O)c1ccc(F)cc1. The molecule has 0 spiro atoms. The van der Waals surface area contributed by atoms with Gasteiger partial charge in [0.2, 0.25) is 5.91 Å². The summed E-state index contributed by atoms with van der Waals surface area (Å²) in [6.45, 7) is 8.09. The van der Waals surface area contributed by atoms with E-state index in [1.807, 2.05) is 51.1 Å². The van der Waals surface area contributed by atoms with Crippen LogP contribution in [0.2, 0.25) is 0 Å². The van der Waals surface area contributed by atoms with Crippen LogP contribution in [0.3, 0.4) is 0 Å². The smallest absolute Gasteiger partial charge is 0.254 e. The molecule has 0 bridgehead atoms. The van der Waals surface area contributed by atoms with E-state index in [2.05, 4.69) is 5.32 Å². The molecule has 2 amide bonds. The van der Waals surface area contributed by atoms with Crippen LogP contribution < -0.4 is 10.1 Å². The van der Waals surface area contributed by atoms with Gasteiger partial charge in [-0.1, -0.05) is 20.8 Å². The number of aromatic nitrogens is 2. The Morgan fingerprint density at radius 3 is 2.27 bits per heavy atom. The van der Waals surface area contributed by atoms with E-state index in [4.69, 9.17) is 9.84 Å². The number of nitrogens with one attached hydrogen (secondary N) is 1. The summed E-state index contributed by atoms with van der Waals surface area (Å²) in [6, 6.07) is 14.4. The van der Waals surface area contributed by atoms with Gasteiger partial charge >= 0.3 is 0 Å². The third-order valence-electron chi connectivity index (χ3n) is 5.16. The maximum Gasteiger partial charge on any atom is 0.254 e. The molecule has 0 saturated heterocycles. The predicted molar refractivity (Wildman–Crippen MR) is 125 cm³/mol. The van der Waals surface area contributed by atoms with Gasteiger partial charge in [0, 0.05) is 23.6 Å². The standard InChI is InChI=1S/C25H29FN4O3/c1-6-29(24(32)17-7-9-18(26)10-8-17)16-23(31)27-22-15-21(25(2,3)4)28-30(22)19-11-13-20(33-5)14-12-19/h7-15H,6,16H2,1-5H3,(H,27,31). The molecule has 1 N–H and O–H groups in total. The van der Waals surface area contributed by atoms with E-state index in [1.165, 1.54) is 29.2 Å². The normalized spacial score (nSPS) is 11.2. The fourth-order valence-corrected chi connectivity index (χ4v) is 3.21. The molecule has 0 fully saturated rings. The molecule has 0 saturated carbocycles. The van der Waals surface area contributed by atoms with E-state index in [0.717, 1.165) is 11.4 Å². The van der Waals surface area contributed by atoms with E-state index in [9.17, 15) is 14.0 Å². The third-order valence-corrected chi connectivity index (χ3v) is 5.16. The van der Waals surface area contributed by atoms with Crippen LogP contribution in [0.25, 0.3) is 5.69 Å². The lowest BCUT2D eigenvalue weighted by atomic mass is 9.92. The van der Waals surface area contributed by atoms with Crippen molar-refractivity contribution in [3.63, 3.8) is 0 Å². The van der Waals surface area contributed by atoms with Crippen LogP contribution in [0, 0.1) is 5.82 Å². The molecule has 0 aliphatic heterocycles. The van der Waals surface area contributed by atoms with Crippen molar-refractivity contribution >= 4 is 17.6 Å². The van der Waals surface area contributed by atoms with E-state index in [-0.39, 0.29) is 23.8 Å². The quantitative estimate of drug-likeness (QED) is 0.576. The van der Waals surface area contributed by atoms with Crippen molar-refractivity contribution in [2.45, 2.75) is 33.1 Å². The van der Waals surface area contributed by atoms with Gasteiger partial charge in [0.25, 0.3) is 5.91 Å². The first-order valence-electron chi connectivity index (χ1n) is 10.7. The fraction of sp³-hybridized carbons (Fsp3) is 0.320. The van der Waals surface area contributed by atoms with Crippen molar-refractivity contribution in [1.82, 2.24) is 14.7 Å². The zero-order chi connectivity index (χ0) is 24.2. The second-order valence-electron chi connectivity index (χ2n) is 8.65. The van der Waals surface area contributed by atoms with Gasteiger partial charge < -0.3 is 15.0 Å². The zero-order valence-electron chi connectivity index (χ0n) is 19.6. The molecule has 8 heteroatoms. The molecule has 174 valence electrons. The summed E-state index contributed by atoms with van der Waals surface area (Å²) in [5.74, 6) is 0.0914. The van der Waals surface area contributed by atoms with Crippen LogP contribution in [0.1, 0.15) is 43.7 Å². The van der Waals surface area contributed by atoms with Gasteiger partial charge in [0.05, 0.1) is 18.5 Å². The van der Waals surface area contributed by atoms with Crippen molar-refractivity contribution in [3.05, 3.63) is 71.7 Å². The van der Waals surface area contributed by atoms with Crippen molar-refractivity contribution in [3.8, 4) is 11.4 Å². The van der Waals surface area contributed by atoms with E-state index >= 15 is 0 Å². The van der Waals surface area contributed by atoms with E-state index in [1.54, 1.807) is 18.7 Å². The Kier molecular flexibility index (Phi) is 7.16. The Balaban J connectivity index is 1.83. The minimum absolute atomic E-state index is 0.147. The number of rotatable bonds is 7. The van der Waals surface area contributed by atoms with Crippen molar-refractivity contribution in [2.24, 2.45) is 0 Å². The van der Waals surface area contributed by atoms with Gasteiger partial charge in [-0.2, -0.15) is 5.10 Å².